The first-order chi connectivity index (χ1) is 13.2. The second-order valence-corrected chi connectivity index (χ2v) is 5.99. The molecule has 0 fully saturated rings. The summed E-state index contributed by atoms with van der Waals surface area (Å²) >= 11 is 0. The number of hydrogen-bond donors (Lipinski definition) is 2. The summed E-state index contributed by atoms with van der Waals surface area (Å²) in [5.41, 5.74) is 0.417. The smallest absolute Gasteiger partial charge is 0.338 e. The molecule has 0 radical (unpaired) electrons. The van der Waals surface area contributed by atoms with E-state index in [-0.39, 0.29) is 22.3 Å². The van der Waals surface area contributed by atoms with E-state index >= 15 is 0 Å². The van der Waals surface area contributed by atoms with Gasteiger partial charge in [0, 0.05) is 0 Å². The van der Waals surface area contributed by atoms with Crippen molar-refractivity contribution >= 4 is 23.9 Å². The van der Waals surface area contributed by atoms with Crippen LogP contribution in [0.5, 0.6) is 0 Å². The van der Waals surface area contributed by atoms with Crippen molar-refractivity contribution in [2.24, 2.45) is 0 Å². The Morgan fingerprint density at radius 1 is 0.607 bits per heavy atom. The van der Waals surface area contributed by atoms with Crippen LogP contribution in [0.4, 0.5) is 0 Å². The molecule has 0 saturated carbocycles. The van der Waals surface area contributed by atoms with Crippen molar-refractivity contribution in [2.45, 2.75) is 26.1 Å². The summed E-state index contributed by atoms with van der Waals surface area (Å²) in [6.45, 7) is 3.10. The minimum Gasteiger partial charge on any atom is -0.478 e. The highest BCUT2D eigenvalue weighted by Crippen LogP contribution is 2.13. The molecule has 2 unspecified atom stereocenters. The van der Waals surface area contributed by atoms with Crippen molar-refractivity contribution in [1.82, 2.24) is 0 Å². The molecule has 2 aromatic rings. The molecule has 2 N–H and O–H groups in total. The lowest BCUT2D eigenvalue weighted by molar-refractivity contribution is -0.0239. The van der Waals surface area contributed by atoms with Gasteiger partial charge in [0.25, 0.3) is 0 Å². The second-order valence-electron chi connectivity index (χ2n) is 5.99. The number of esters is 2. The Morgan fingerprint density at radius 3 is 1.11 bits per heavy atom. The fraction of sp³-hybridized carbons (Fsp3) is 0.200. The number of ether oxygens (including phenoxy) is 2. The summed E-state index contributed by atoms with van der Waals surface area (Å²) in [5, 5.41) is 17.7. The molecular weight excluding hydrogens is 368 g/mol. The van der Waals surface area contributed by atoms with Crippen LogP contribution in [0.15, 0.2) is 48.5 Å². The second kappa shape index (κ2) is 8.81. The van der Waals surface area contributed by atoms with Crippen molar-refractivity contribution < 1.29 is 38.9 Å². The van der Waals surface area contributed by atoms with Gasteiger partial charge < -0.3 is 19.7 Å². The molecule has 0 heterocycles. The molecule has 0 bridgehead atoms. The maximum atomic E-state index is 12.1. The van der Waals surface area contributed by atoms with Gasteiger partial charge in [-0.05, 0) is 62.4 Å². The van der Waals surface area contributed by atoms with Gasteiger partial charge >= 0.3 is 23.9 Å². The zero-order valence-corrected chi connectivity index (χ0v) is 15.1. The summed E-state index contributed by atoms with van der Waals surface area (Å²) < 4.78 is 10.5. The van der Waals surface area contributed by atoms with E-state index in [1.807, 2.05) is 0 Å². The molecule has 2 rings (SSSR count). The van der Waals surface area contributed by atoms with Crippen LogP contribution in [-0.4, -0.2) is 46.3 Å². The Labute approximate surface area is 160 Å². The Hall–Kier alpha value is -3.68. The SMILES string of the molecule is CC(OC(=O)c1ccc(C(=O)O)cc1)C(C)OC(=O)c1ccc(C(=O)O)cc1. The fourth-order valence-corrected chi connectivity index (χ4v) is 2.16. The average molecular weight is 386 g/mol. The predicted octanol–water partition coefficient (Wildman–Crippen LogP) is 2.87. The summed E-state index contributed by atoms with van der Waals surface area (Å²) in [6, 6.07) is 10.5. The van der Waals surface area contributed by atoms with Gasteiger partial charge in [-0.2, -0.15) is 0 Å². The lowest BCUT2D eigenvalue weighted by Gasteiger charge is -2.21. The molecule has 0 aliphatic rings. The van der Waals surface area contributed by atoms with E-state index in [9.17, 15) is 19.2 Å². The topological polar surface area (TPSA) is 127 Å². The first-order valence-corrected chi connectivity index (χ1v) is 8.27. The molecule has 28 heavy (non-hydrogen) atoms. The monoisotopic (exact) mass is 386 g/mol. The molecule has 0 aliphatic carbocycles. The third kappa shape index (κ3) is 5.16. The van der Waals surface area contributed by atoms with Crippen molar-refractivity contribution in [3.8, 4) is 0 Å². The summed E-state index contributed by atoms with van der Waals surface area (Å²) in [7, 11) is 0. The Balaban J connectivity index is 1.94. The summed E-state index contributed by atoms with van der Waals surface area (Å²) in [6.07, 6.45) is -1.54. The van der Waals surface area contributed by atoms with Crippen LogP contribution >= 0.6 is 0 Å². The molecular formula is C20H18O8. The number of aromatic carboxylic acids is 2. The third-order valence-corrected chi connectivity index (χ3v) is 3.98. The quantitative estimate of drug-likeness (QED) is 0.696. The maximum absolute atomic E-state index is 12.1. The van der Waals surface area contributed by atoms with E-state index < -0.39 is 36.1 Å². The Morgan fingerprint density at radius 2 is 0.857 bits per heavy atom. The highest BCUT2D eigenvalue weighted by molar-refractivity contribution is 5.93. The minimum absolute atomic E-state index is 0.0424. The van der Waals surface area contributed by atoms with Gasteiger partial charge in [0.2, 0.25) is 0 Å². The van der Waals surface area contributed by atoms with Crippen LogP contribution in [0.2, 0.25) is 0 Å². The number of carbonyl (C=O) groups excluding carboxylic acids is 2. The number of hydrogen-bond acceptors (Lipinski definition) is 6. The minimum atomic E-state index is -1.11. The number of rotatable bonds is 7. The van der Waals surface area contributed by atoms with E-state index in [0.29, 0.717) is 0 Å². The molecule has 0 amide bonds. The van der Waals surface area contributed by atoms with Gasteiger partial charge in [-0.3, -0.25) is 0 Å². The standard InChI is InChI=1S/C20H18O8/c1-11(27-19(25)15-7-3-13(4-8-15)17(21)22)12(2)28-20(26)16-9-5-14(6-10-16)18(23)24/h3-12H,1-2H3,(H,21,22)(H,23,24). The molecule has 2 atom stereocenters. The van der Waals surface area contributed by atoms with Crippen molar-refractivity contribution in [2.75, 3.05) is 0 Å². The number of carboxylic acids is 2. The largest absolute Gasteiger partial charge is 0.478 e. The zero-order chi connectivity index (χ0) is 20.8. The Kier molecular flexibility index (Phi) is 6.49. The molecule has 0 aromatic heterocycles. The van der Waals surface area contributed by atoms with Crippen LogP contribution in [0.3, 0.4) is 0 Å². The van der Waals surface area contributed by atoms with Crippen LogP contribution < -0.4 is 0 Å². The first-order valence-electron chi connectivity index (χ1n) is 8.27. The molecule has 0 spiro atoms. The van der Waals surface area contributed by atoms with E-state index in [2.05, 4.69) is 0 Å². The van der Waals surface area contributed by atoms with E-state index in [0.717, 1.165) is 0 Å². The number of benzene rings is 2. The molecule has 8 heteroatoms. The van der Waals surface area contributed by atoms with Gasteiger partial charge in [-0.1, -0.05) is 0 Å². The van der Waals surface area contributed by atoms with Crippen molar-refractivity contribution in [1.29, 1.82) is 0 Å². The molecule has 0 aliphatic heterocycles. The Bertz CT molecular complexity index is 808. The predicted molar refractivity (Wildman–Crippen MR) is 96.6 cm³/mol. The first kappa shape index (κ1) is 20.6. The highest BCUT2D eigenvalue weighted by Gasteiger charge is 2.22. The molecule has 0 saturated heterocycles. The van der Waals surface area contributed by atoms with Gasteiger partial charge in [0.15, 0.2) is 0 Å². The lowest BCUT2D eigenvalue weighted by Crippen LogP contribution is -2.30. The molecule has 8 nitrogen and oxygen atoms in total. The number of carboxylic acid groups (broad SMARTS) is 2. The fourth-order valence-electron chi connectivity index (χ4n) is 2.16. The number of carbonyl (C=O) groups is 4. The van der Waals surface area contributed by atoms with Crippen LogP contribution in [-0.2, 0) is 9.47 Å². The average Bonchev–Trinajstić information content (AvgIpc) is 2.67. The van der Waals surface area contributed by atoms with Crippen molar-refractivity contribution in [3.63, 3.8) is 0 Å². The normalized spacial score (nSPS) is 12.5. The highest BCUT2D eigenvalue weighted by atomic mass is 16.6. The van der Waals surface area contributed by atoms with Crippen LogP contribution in [0, 0.1) is 0 Å². The van der Waals surface area contributed by atoms with Gasteiger partial charge in [0.05, 0.1) is 22.3 Å². The molecule has 2 aromatic carbocycles. The van der Waals surface area contributed by atoms with E-state index in [1.54, 1.807) is 13.8 Å². The molecule has 146 valence electrons. The van der Waals surface area contributed by atoms with Crippen molar-refractivity contribution in [3.05, 3.63) is 70.8 Å². The van der Waals surface area contributed by atoms with E-state index in [1.165, 1.54) is 48.5 Å². The summed E-state index contributed by atoms with van der Waals surface area (Å²) in [4.78, 5) is 45.9. The van der Waals surface area contributed by atoms with Crippen LogP contribution in [0.25, 0.3) is 0 Å². The maximum Gasteiger partial charge on any atom is 0.338 e. The lowest BCUT2D eigenvalue weighted by atomic mass is 10.1. The van der Waals surface area contributed by atoms with E-state index in [4.69, 9.17) is 19.7 Å². The van der Waals surface area contributed by atoms with Gasteiger partial charge in [-0.15, -0.1) is 0 Å². The third-order valence-electron chi connectivity index (χ3n) is 3.98. The zero-order valence-electron chi connectivity index (χ0n) is 15.1. The summed E-state index contributed by atoms with van der Waals surface area (Å²) in [5.74, 6) is -3.58. The van der Waals surface area contributed by atoms with Gasteiger partial charge in [0.1, 0.15) is 12.2 Å². The van der Waals surface area contributed by atoms with Gasteiger partial charge in [-0.25, -0.2) is 19.2 Å². The van der Waals surface area contributed by atoms with Crippen LogP contribution in [0.1, 0.15) is 55.3 Å².